The average Bonchev–Trinajstić information content (AvgIpc) is 2.52. The van der Waals surface area contributed by atoms with E-state index in [1.54, 1.807) is 0 Å². The molecule has 0 aliphatic carbocycles. The smallest absolute Gasteiger partial charge is 0.203 e. The zero-order chi connectivity index (χ0) is 16.2. The molecule has 0 heterocycles. The van der Waals surface area contributed by atoms with Crippen LogP contribution in [0.15, 0.2) is 12.1 Å². The summed E-state index contributed by atoms with van der Waals surface area (Å²) in [5.74, 6) is 2.55. The normalized spacial score (nSPS) is 10.7. The fourth-order valence-corrected chi connectivity index (χ4v) is 2.57. The number of hydrogen-bond acceptors (Lipinski definition) is 3. The van der Waals surface area contributed by atoms with Crippen LogP contribution in [0.4, 0.5) is 0 Å². The summed E-state index contributed by atoms with van der Waals surface area (Å²) in [6.45, 7) is 8.71. The first-order valence-electron chi connectivity index (χ1n) is 8.76. The molecule has 0 atom stereocenters. The van der Waals surface area contributed by atoms with Crippen LogP contribution >= 0.6 is 0 Å². The molecule has 1 rings (SSSR count). The van der Waals surface area contributed by atoms with Gasteiger partial charge in [-0.3, -0.25) is 0 Å². The Balaban J connectivity index is 2.89. The summed E-state index contributed by atoms with van der Waals surface area (Å²) in [6, 6.07) is 4.15. The van der Waals surface area contributed by atoms with Gasteiger partial charge in [-0.1, -0.05) is 46.1 Å². The minimum absolute atomic E-state index is 0.718. The number of benzene rings is 1. The van der Waals surface area contributed by atoms with Crippen LogP contribution in [0.5, 0.6) is 17.2 Å². The Hall–Kier alpha value is -1.16. The molecule has 0 spiro atoms. The van der Waals surface area contributed by atoms with Gasteiger partial charge in [0.15, 0.2) is 11.5 Å². The maximum Gasteiger partial charge on any atom is 0.203 e. The predicted octanol–water partition coefficient (Wildman–Crippen LogP) is 3.21. The summed E-state index contributed by atoms with van der Waals surface area (Å²) in [7, 11) is 0.945. The zero-order valence-electron chi connectivity index (χ0n) is 14.7. The monoisotopic (exact) mass is 324 g/mol. The summed E-state index contributed by atoms with van der Waals surface area (Å²) in [5.41, 5.74) is 0. The molecular weight excluding hydrogens is 292 g/mol. The first-order valence-corrected chi connectivity index (χ1v) is 9.76. The van der Waals surface area contributed by atoms with Gasteiger partial charge < -0.3 is 14.2 Å². The molecule has 3 nitrogen and oxygen atoms in total. The molecule has 0 saturated heterocycles. The summed E-state index contributed by atoms with van der Waals surface area (Å²) in [4.78, 5) is 0. The van der Waals surface area contributed by atoms with Crippen LogP contribution in [0, 0.1) is 0 Å². The summed E-state index contributed by atoms with van der Waals surface area (Å²) < 4.78 is 18.0. The van der Waals surface area contributed by atoms with Gasteiger partial charge in [-0.15, -0.1) is 0 Å². The third-order valence-corrected chi connectivity index (χ3v) is 4.30. The number of ether oxygens (including phenoxy) is 3. The van der Waals surface area contributed by atoms with E-state index in [1.807, 2.05) is 6.07 Å². The standard InChI is InChI=1S/C18H32O3Si/c1-4-7-12-19-15-10-11-16(22)18(21-14-9-6-3)17(15)20-13-8-5-2/h10-11H,4-9,12-14H2,1-3,22H3. The van der Waals surface area contributed by atoms with E-state index in [0.717, 1.165) is 85.8 Å². The lowest BCUT2D eigenvalue weighted by molar-refractivity contribution is 0.238. The Kier molecular flexibility index (Phi) is 9.79. The molecule has 1 aromatic carbocycles. The highest BCUT2D eigenvalue weighted by Gasteiger charge is 2.15. The average molecular weight is 325 g/mol. The van der Waals surface area contributed by atoms with Gasteiger partial charge in [0, 0.05) is 10.2 Å². The Morgan fingerprint density at radius 3 is 1.77 bits per heavy atom. The minimum atomic E-state index is 0.718. The Morgan fingerprint density at radius 2 is 1.23 bits per heavy atom. The van der Waals surface area contributed by atoms with Crippen molar-refractivity contribution in [3.8, 4) is 17.2 Å². The zero-order valence-corrected chi connectivity index (χ0v) is 16.7. The molecule has 0 aliphatic rings. The van der Waals surface area contributed by atoms with Crippen LogP contribution in [-0.4, -0.2) is 30.1 Å². The topological polar surface area (TPSA) is 27.7 Å². The maximum absolute atomic E-state index is 6.02. The van der Waals surface area contributed by atoms with E-state index in [0.29, 0.717) is 0 Å². The van der Waals surface area contributed by atoms with Gasteiger partial charge in [0.25, 0.3) is 0 Å². The van der Waals surface area contributed by atoms with Gasteiger partial charge in [0.05, 0.1) is 19.8 Å². The van der Waals surface area contributed by atoms with Gasteiger partial charge in [0.2, 0.25) is 5.75 Å². The minimum Gasteiger partial charge on any atom is -0.490 e. The molecule has 1 aromatic rings. The van der Waals surface area contributed by atoms with E-state index in [-0.39, 0.29) is 0 Å². The quantitative estimate of drug-likeness (QED) is 0.436. The first kappa shape index (κ1) is 18.9. The van der Waals surface area contributed by atoms with Crippen LogP contribution in [0.1, 0.15) is 59.3 Å². The van der Waals surface area contributed by atoms with Crippen molar-refractivity contribution in [3.05, 3.63) is 12.1 Å². The molecule has 0 aliphatic heterocycles. The van der Waals surface area contributed by atoms with E-state index in [2.05, 4.69) is 26.8 Å². The van der Waals surface area contributed by atoms with Gasteiger partial charge >= 0.3 is 0 Å². The molecule has 0 saturated carbocycles. The molecular formula is C18H32O3Si. The van der Waals surface area contributed by atoms with Gasteiger partial charge in [-0.25, -0.2) is 0 Å². The van der Waals surface area contributed by atoms with E-state index >= 15 is 0 Å². The van der Waals surface area contributed by atoms with Gasteiger partial charge in [0.1, 0.15) is 0 Å². The molecule has 0 aromatic heterocycles. The van der Waals surface area contributed by atoms with Crippen molar-refractivity contribution in [1.82, 2.24) is 0 Å². The second-order valence-corrected chi connectivity index (χ2v) is 6.72. The fraction of sp³-hybridized carbons (Fsp3) is 0.667. The van der Waals surface area contributed by atoms with Crippen molar-refractivity contribution in [2.24, 2.45) is 0 Å². The second kappa shape index (κ2) is 11.4. The molecule has 22 heavy (non-hydrogen) atoms. The molecule has 0 unspecified atom stereocenters. The molecule has 0 N–H and O–H groups in total. The van der Waals surface area contributed by atoms with Crippen molar-refractivity contribution in [1.29, 1.82) is 0 Å². The lowest BCUT2D eigenvalue weighted by Crippen LogP contribution is -2.14. The molecule has 0 fully saturated rings. The molecule has 4 heteroatoms. The molecule has 0 amide bonds. The highest BCUT2D eigenvalue weighted by molar-refractivity contribution is 6.34. The number of hydrogen-bond donors (Lipinski definition) is 0. The van der Waals surface area contributed by atoms with Crippen LogP contribution < -0.4 is 19.4 Å². The number of unbranched alkanes of at least 4 members (excludes halogenated alkanes) is 3. The van der Waals surface area contributed by atoms with Crippen molar-refractivity contribution in [2.75, 3.05) is 19.8 Å². The Morgan fingerprint density at radius 1 is 0.727 bits per heavy atom. The first-order chi connectivity index (χ1) is 10.7. The molecule has 0 bridgehead atoms. The summed E-state index contributed by atoms with van der Waals surface area (Å²) in [5, 5.41) is 1.24. The highest BCUT2D eigenvalue weighted by atomic mass is 28.1. The largest absolute Gasteiger partial charge is 0.490 e. The van der Waals surface area contributed by atoms with Crippen LogP contribution in [0.2, 0.25) is 0 Å². The number of rotatable bonds is 12. The predicted molar refractivity (Wildman–Crippen MR) is 97.2 cm³/mol. The fourth-order valence-electron chi connectivity index (χ4n) is 2.04. The van der Waals surface area contributed by atoms with Gasteiger partial charge in [-0.05, 0) is 30.5 Å². The second-order valence-electron chi connectivity index (χ2n) is 5.64. The maximum atomic E-state index is 6.02. The van der Waals surface area contributed by atoms with Crippen LogP contribution in [-0.2, 0) is 0 Å². The van der Waals surface area contributed by atoms with E-state index in [4.69, 9.17) is 14.2 Å². The van der Waals surface area contributed by atoms with Gasteiger partial charge in [-0.2, -0.15) is 0 Å². The van der Waals surface area contributed by atoms with E-state index in [9.17, 15) is 0 Å². The Labute approximate surface area is 138 Å². The van der Waals surface area contributed by atoms with Crippen molar-refractivity contribution < 1.29 is 14.2 Å². The van der Waals surface area contributed by atoms with Crippen LogP contribution in [0.25, 0.3) is 0 Å². The highest BCUT2D eigenvalue weighted by Crippen LogP contribution is 2.36. The third kappa shape index (κ3) is 6.30. The van der Waals surface area contributed by atoms with E-state index < -0.39 is 0 Å². The summed E-state index contributed by atoms with van der Waals surface area (Å²) in [6.07, 6.45) is 6.56. The SMILES string of the molecule is CCCCOc1ccc([SiH3])c(OCCCC)c1OCCCC. The Bertz CT molecular complexity index is 421. The van der Waals surface area contributed by atoms with Crippen molar-refractivity contribution in [3.63, 3.8) is 0 Å². The summed E-state index contributed by atoms with van der Waals surface area (Å²) >= 11 is 0. The molecule has 126 valence electrons. The third-order valence-electron chi connectivity index (χ3n) is 3.52. The lowest BCUT2D eigenvalue weighted by atomic mass is 10.2. The van der Waals surface area contributed by atoms with Crippen molar-refractivity contribution in [2.45, 2.75) is 59.3 Å². The van der Waals surface area contributed by atoms with E-state index in [1.165, 1.54) is 5.19 Å². The van der Waals surface area contributed by atoms with Crippen LogP contribution in [0.3, 0.4) is 0 Å². The molecule has 0 radical (unpaired) electrons. The van der Waals surface area contributed by atoms with Crippen molar-refractivity contribution >= 4 is 15.4 Å². The lowest BCUT2D eigenvalue weighted by Gasteiger charge is -2.18.